The van der Waals surface area contributed by atoms with Crippen molar-refractivity contribution in [1.29, 1.82) is 0 Å². The lowest BCUT2D eigenvalue weighted by atomic mass is 10.0. The van der Waals surface area contributed by atoms with Crippen LogP contribution in [-0.2, 0) is 4.79 Å². The highest BCUT2D eigenvalue weighted by molar-refractivity contribution is 8.00. The molecule has 0 aromatic heterocycles. The van der Waals surface area contributed by atoms with Crippen molar-refractivity contribution in [1.82, 2.24) is 0 Å². The van der Waals surface area contributed by atoms with Crippen molar-refractivity contribution in [3.8, 4) is 0 Å². The van der Waals surface area contributed by atoms with Gasteiger partial charge in [0.1, 0.15) is 0 Å². The molecule has 0 aromatic rings. The summed E-state index contributed by atoms with van der Waals surface area (Å²) in [5.74, 6) is -0.0167. The van der Waals surface area contributed by atoms with E-state index in [1.165, 1.54) is 11.8 Å². The quantitative estimate of drug-likeness (QED) is 0.624. The summed E-state index contributed by atoms with van der Waals surface area (Å²) >= 11 is 1.44. The number of rotatable bonds is 3. The standard InChI is InChI=1S/C8H13NO2S/c9-8(11)5-12-7-4-2-1-3-6(7)10/h1-2,6-7,10H,3-5H2,(H2,9,11)/t6-,7?/m1/s1. The zero-order valence-corrected chi connectivity index (χ0v) is 7.59. The molecule has 0 aliphatic heterocycles. The van der Waals surface area contributed by atoms with E-state index >= 15 is 0 Å². The number of aliphatic hydroxyl groups is 1. The third-order valence-electron chi connectivity index (χ3n) is 1.78. The molecule has 0 heterocycles. The third-order valence-corrected chi connectivity index (χ3v) is 3.17. The number of amides is 1. The first-order chi connectivity index (χ1) is 5.70. The fourth-order valence-electron chi connectivity index (χ4n) is 1.14. The van der Waals surface area contributed by atoms with Crippen molar-refractivity contribution < 1.29 is 9.90 Å². The molecule has 0 fully saturated rings. The number of nitrogens with two attached hydrogens (primary N) is 1. The molecule has 2 atom stereocenters. The predicted octanol–water partition coefficient (Wildman–Crippen LogP) is 0.284. The van der Waals surface area contributed by atoms with Gasteiger partial charge in [0.15, 0.2) is 0 Å². The summed E-state index contributed by atoms with van der Waals surface area (Å²) in [6.07, 6.45) is 5.20. The number of allylic oxidation sites excluding steroid dienone is 1. The van der Waals surface area contributed by atoms with Crippen molar-refractivity contribution in [3.63, 3.8) is 0 Å². The minimum atomic E-state index is -0.320. The first kappa shape index (κ1) is 9.61. The van der Waals surface area contributed by atoms with Crippen LogP contribution in [0.15, 0.2) is 12.2 Å². The van der Waals surface area contributed by atoms with Crippen LogP contribution in [0, 0.1) is 0 Å². The maximum Gasteiger partial charge on any atom is 0.227 e. The first-order valence-corrected chi connectivity index (χ1v) is 4.98. The molecule has 0 saturated carbocycles. The Kier molecular flexibility index (Phi) is 3.62. The summed E-state index contributed by atoms with van der Waals surface area (Å²) < 4.78 is 0. The van der Waals surface area contributed by atoms with Gasteiger partial charge in [0.2, 0.25) is 5.91 Å². The van der Waals surface area contributed by atoms with Gasteiger partial charge in [-0.1, -0.05) is 12.2 Å². The Balaban J connectivity index is 2.31. The Morgan fingerprint density at radius 2 is 2.25 bits per heavy atom. The van der Waals surface area contributed by atoms with Gasteiger partial charge in [-0.15, -0.1) is 11.8 Å². The van der Waals surface area contributed by atoms with Crippen LogP contribution in [0.3, 0.4) is 0 Å². The minimum absolute atomic E-state index is 0.141. The molecule has 1 aliphatic carbocycles. The number of primary amides is 1. The number of hydrogen-bond donors (Lipinski definition) is 2. The van der Waals surface area contributed by atoms with Crippen LogP contribution < -0.4 is 5.73 Å². The van der Waals surface area contributed by atoms with Gasteiger partial charge in [0.05, 0.1) is 11.9 Å². The van der Waals surface area contributed by atoms with Crippen LogP contribution in [-0.4, -0.2) is 28.1 Å². The molecular weight excluding hydrogens is 174 g/mol. The Hall–Kier alpha value is -0.480. The average Bonchev–Trinajstić information content (AvgIpc) is 2.03. The van der Waals surface area contributed by atoms with Gasteiger partial charge in [-0.3, -0.25) is 4.79 Å². The summed E-state index contributed by atoms with van der Waals surface area (Å²) in [4.78, 5) is 10.5. The molecule has 12 heavy (non-hydrogen) atoms. The van der Waals surface area contributed by atoms with E-state index in [4.69, 9.17) is 5.73 Å². The zero-order chi connectivity index (χ0) is 8.97. The minimum Gasteiger partial charge on any atom is -0.392 e. The van der Waals surface area contributed by atoms with Gasteiger partial charge >= 0.3 is 0 Å². The van der Waals surface area contributed by atoms with Crippen LogP contribution in [0.1, 0.15) is 12.8 Å². The van der Waals surface area contributed by atoms with Crippen molar-refractivity contribution in [2.24, 2.45) is 5.73 Å². The number of hydrogen-bond acceptors (Lipinski definition) is 3. The lowest BCUT2D eigenvalue weighted by Crippen LogP contribution is -2.26. The van der Waals surface area contributed by atoms with Gasteiger partial charge in [-0.25, -0.2) is 0 Å². The van der Waals surface area contributed by atoms with Gasteiger partial charge < -0.3 is 10.8 Å². The van der Waals surface area contributed by atoms with Crippen molar-refractivity contribution >= 4 is 17.7 Å². The fourth-order valence-corrected chi connectivity index (χ4v) is 2.10. The van der Waals surface area contributed by atoms with E-state index in [2.05, 4.69) is 0 Å². The summed E-state index contributed by atoms with van der Waals surface area (Å²) in [5.41, 5.74) is 5.00. The largest absolute Gasteiger partial charge is 0.392 e. The summed E-state index contributed by atoms with van der Waals surface area (Å²) in [7, 11) is 0. The van der Waals surface area contributed by atoms with Gasteiger partial charge in [0.25, 0.3) is 0 Å². The zero-order valence-electron chi connectivity index (χ0n) is 6.77. The third kappa shape index (κ3) is 2.87. The van der Waals surface area contributed by atoms with Crippen LogP contribution in [0.25, 0.3) is 0 Å². The maximum atomic E-state index is 10.5. The molecule has 3 nitrogen and oxygen atoms in total. The number of thioether (sulfide) groups is 1. The van der Waals surface area contributed by atoms with Gasteiger partial charge in [-0.2, -0.15) is 0 Å². The molecule has 0 bridgehead atoms. The van der Waals surface area contributed by atoms with E-state index in [0.717, 1.165) is 6.42 Å². The number of aliphatic hydroxyl groups excluding tert-OH is 1. The molecule has 0 radical (unpaired) electrons. The van der Waals surface area contributed by atoms with Crippen LogP contribution in [0.5, 0.6) is 0 Å². The molecular formula is C8H13NO2S. The van der Waals surface area contributed by atoms with E-state index in [1.54, 1.807) is 0 Å². The molecule has 3 N–H and O–H groups in total. The molecule has 1 unspecified atom stereocenters. The molecule has 0 aromatic carbocycles. The Labute approximate surface area is 76.0 Å². The van der Waals surface area contributed by atoms with E-state index < -0.39 is 0 Å². The molecule has 68 valence electrons. The average molecular weight is 187 g/mol. The van der Waals surface area contributed by atoms with Gasteiger partial charge in [-0.05, 0) is 12.8 Å². The topological polar surface area (TPSA) is 63.3 Å². The van der Waals surface area contributed by atoms with E-state index in [1.807, 2.05) is 12.2 Å². The summed E-state index contributed by atoms with van der Waals surface area (Å²) in [6.45, 7) is 0. The highest BCUT2D eigenvalue weighted by atomic mass is 32.2. The van der Waals surface area contributed by atoms with Crippen LogP contribution >= 0.6 is 11.8 Å². The molecule has 4 heteroatoms. The highest BCUT2D eigenvalue weighted by Crippen LogP contribution is 2.24. The Bertz CT molecular complexity index is 193. The van der Waals surface area contributed by atoms with Gasteiger partial charge in [0, 0.05) is 5.25 Å². The Morgan fingerprint density at radius 3 is 2.83 bits per heavy atom. The molecule has 1 aliphatic rings. The lowest BCUT2D eigenvalue weighted by Gasteiger charge is -2.22. The fraction of sp³-hybridized carbons (Fsp3) is 0.625. The second-order valence-electron chi connectivity index (χ2n) is 2.83. The van der Waals surface area contributed by atoms with Crippen LogP contribution in [0.2, 0.25) is 0 Å². The van der Waals surface area contributed by atoms with Crippen LogP contribution in [0.4, 0.5) is 0 Å². The monoisotopic (exact) mass is 187 g/mol. The van der Waals surface area contributed by atoms with Crippen molar-refractivity contribution in [2.45, 2.75) is 24.2 Å². The SMILES string of the molecule is NC(=O)CSC1CC=CC[C@H]1O. The van der Waals surface area contributed by atoms with E-state index in [-0.39, 0.29) is 17.3 Å². The normalized spacial score (nSPS) is 28.8. The highest BCUT2D eigenvalue weighted by Gasteiger charge is 2.20. The second-order valence-corrected chi connectivity index (χ2v) is 4.05. The number of carbonyl (C=O) groups is 1. The molecule has 1 amide bonds. The van der Waals surface area contributed by atoms with Crippen molar-refractivity contribution in [2.75, 3.05) is 5.75 Å². The number of carbonyl (C=O) groups excluding carboxylic acids is 1. The predicted molar refractivity (Wildman–Crippen MR) is 49.8 cm³/mol. The molecule has 0 spiro atoms. The smallest absolute Gasteiger partial charge is 0.227 e. The van der Waals surface area contributed by atoms with Crippen molar-refractivity contribution in [3.05, 3.63) is 12.2 Å². The maximum absolute atomic E-state index is 10.5. The molecule has 0 saturated heterocycles. The molecule has 1 rings (SSSR count). The first-order valence-electron chi connectivity index (χ1n) is 3.93. The summed E-state index contributed by atoms with van der Waals surface area (Å²) in [6, 6.07) is 0. The van der Waals surface area contributed by atoms with E-state index in [9.17, 15) is 9.90 Å². The lowest BCUT2D eigenvalue weighted by molar-refractivity contribution is -0.115. The summed E-state index contributed by atoms with van der Waals surface area (Å²) in [5, 5.41) is 9.60. The second kappa shape index (κ2) is 4.52. The Morgan fingerprint density at radius 1 is 1.58 bits per heavy atom. The van der Waals surface area contributed by atoms with E-state index in [0.29, 0.717) is 12.2 Å².